The van der Waals surface area contributed by atoms with Crippen molar-refractivity contribution in [1.29, 1.82) is 0 Å². The molecule has 5 rings (SSSR count). The number of nitro groups is 1. The molecule has 0 atom stereocenters. The molecule has 10 heteroatoms. The Balaban J connectivity index is 1.40. The number of anilines is 1. The molecule has 2 amide bonds. The molecule has 0 spiro atoms. The topological polar surface area (TPSA) is 107 Å². The lowest BCUT2D eigenvalue weighted by atomic mass is 10.1. The number of para-hydroxylation sites is 2. The van der Waals surface area contributed by atoms with Crippen molar-refractivity contribution in [3.8, 4) is 11.5 Å². The third-order valence-electron chi connectivity index (χ3n) is 5.86. The van der Waals surface area contributed by atoms with Crippen molar-refractivity contribution in [3.05, 3.63) is 124 Å². The van der Waals surface area contributed by atoms with E-state index in [0.29, 0.717) is 28.4 Å². The molecule has 4 aromatic rings. The van der Waals surface area contributed by atoms with E-state index in [0.717, 1.165) is 0 Å². The van der Waals surface area contributed by atoms with Crippen molar-refractivity contribution in [1.82, 2.24) is 9.88 Å². The minimum absolute atomic E-state index is 0.0116. The minimum atomic E-state index is -0.626. The fourth-order valence-electron chi connectivity index (χ4n) is 4.04. The van der Waals surface area contributed by atoms with Crippen molar-refractivity contribution >= 4 is 46.6 Å². The van der Waals surface area contributed by atoms with Crippen molar-refractivity contribution < 1.29 is 19.2 Å². The van der Waals surface area contributed by atoms with E-state index in [9.17, 15) is 19.7 Å². The second-order valence-electron chi connectivity index (χ2n) is 8.31. The number of hydrogen-bond acceptors (Lipinski definition) is 6. The van der Waals surface area contributed by atoms with Gasteiger partial charge in [0.2, 0.25) is 0 Å². The molecule has 0 saturated carbocycles. The summed E-state index contributed by atoms with van der Waals surface area (Å²) in [7, 11) is 0. The molecule has 2 heterocycles. The van der Waals surface area contributed by atoms with Crippen LogP contribution >= 0.6 is 12.2 Å². The largest absolute Gasteiger partial charge is 0.457 e. The number of thiocarbonyl (C=S) groups is 1. The van der Waals surface area contributed by atoms with Crippen LogP contribution in [0.4, 0.5) is 11.4 Å². The maximum Gasteiger partial charge on any atom is 0.274 e. The van der Waals surface area contributed by atoms with Crippen LogP contribution in [0.1, 0.15) is 11.3 Å². The lowest BCUT2D eigenvalue weighted by Gasteiger charge is -2.29. The zero-order valence-corrected chi connectivity index (χ0v) is 20.6. The molecule has 0 aliphatic carbocycles. The Bertz CT molecular complexity index is 1580. The van der Waals surface area contributed by atoms with Gasteiger partial charge in [0.15, 0.2) is 5.11 Å². The average molecular weight is 525 g/mol. The van der Waals surface area contributed by atoms with Gasteiger partial charge in [-0.25, -0.2) is 0 Å². The van der Waals surface area contributed by atoms with E-state index in [4.69, 9.17) is 17.0 Å². The quantitative estimate of drug-likeness (QED) is 0.119. The zero-order chi connectivity index (χ0) is 26.6. The summed E-state index contributed by atoms with van der Waals surface area (Å²) in [5.41, 5.74) is 1.35. The molecule has 1 aliphatic rings. The third-order valence-corrected chi connectivity index (χ3v) is 6.15. The van der Waals surface area contributed by atoms with E-state index in [1.54, 1.807) is 65.4 Å². The number of carbonyl (C=O) groups excluding carboxylic acids is 2. The Hall–Kier alpha value is -5.09. The summed E-state index contributed by atoms with van der Waals surface area (Å²) in [5, 5.41) is 13.9. The van der Waals surface area contributed by atoms with E-state index in [1.165, 1.54) is 17.0 Å². The van der Waals surface area contributed by atoms with Crippen molar-refractivity contribution in [3.63, 3.8) is 0 Å². The maximum absolute atomic E-state index is 13.4. The first-order valence-electron chi connectivity index (χ1n) is 11.5. The molecule has 1 aromatic heterocycles. The van der Waals surface area contributed by atoms with Crippen LogP contribution in [0.5, 0.6) is 11.5 Å². The van der Waals surface area contributed by atoms with Crippen LogP contribution in [0, 0.1) is 10.1 Å². The molecule has 1 fully saturated rings. The molecule has 1 N–H and O–H groups in total. The summed E-state index contributed by atoms with van der Waals surface area (Å²) in [6.45, 7) is 0.185. The van der Waals surface area contributed by atoms with Crippen LogP contribution in [-0.4, -0.2) is 26.4 Å². The van der Waals surface area contributed by atoms with Gasteiger partial charge in [0.05, 0.1) is 17.2 Å². The number of hydrogen-bond donors (Lipinski definition) is 1. The first-order valence-corrected chi connectivity index (χ1v) is 11.9. The number of benzene rings is 3. The van der Waals surface area contributed by atoms with Gasteiger partial charge in [0.1, 0.15) is 17.1 Å². The van der Waals surface area contributed by atoms with Gasteiger partial charge in [-0.05, 0) is 66.8 Å². The van der Waals surface area contributed by atoms with Crippen LogP contribution in [0.15, 0.2) is 103 Å². The normalized spacial score (nSPS) is 14.5. The summed E-state index contributed by atoms with van der Waals surface area (Å²) in [5.74, 6) is 0.0294. The molecular weight excluding hydrogens is 504 g/mol. The van der Waals surface area contributed by atoms with E-state index in [-0.39, 0.29) is 22.9 Å². The van der Waals surface area contributed by atoms with Gasteiger partial charge in [0, 0.05) is 23.5 Å². The molecule has 0 unspecified atom stereocenters. The number of nitrogens with zero attached hydrogens (tertiary/aromatic N) is 3. The standard InChI is InChI=1S/C28H20N4O5S/c33-26-24(17-21-8-6-16-30(21)18-19-7-4-5-11-25(19)32(35)36)27(34)31(28(38)29-26)20-12-14-23(15-13-20)37-22-9-2-1-3-10-22/h1-17H,18H2,(H,29,33,38). The van der Waals surface area contributed by atoms with Crippen LogP contribution in [0.3, 0.4) is 0 Å². The Kier molecular flexibility index (Phi) is 6.79. The number of rotatable bonds is 7. The minimum Gasteiger partial charge on any atom is -0.457 e. The first kappa shape index (κ1) is 24.6. The number of amides is 2. The summed E-state index contributed by atoms with van der Waals surface area (Å²) in [6.07, 6.45) is 3.18. The van der Waals surface area contributed by atoms with Crippen LogP contribution in [0.25, 0.3) is 6.08 Å². The molecule has 0 bridgehead atoms. The highest BCUT2D eigenvalue weighted by Crippen LogP contribution is 2.27. The van der Waals surface area contributed by atoms with Gasteiger partial charge in [-0.1, -0.05) is 36.4 Å². The summed E-state index contributed by atoms with van der Waals surface area (Å²) >= 11 is 5.30. The molecule has 38 heavy (non-hydrogen) atoms. The summed E-state index contributed by atoms with van der Waals surface area (Å²) in [6, 6.07) is 25.9. The molecular formula is C28H20N4O5S. The van der Waals surface area contributed by atoms with Gasteiger partial charge >= 0.3 is 0 Å². The predicted molar refractivity (Wildman–Crippen MR) is 146 cm³/mol. The highest BCUT2D eigenvalue weighted by Gasteiger charge is 2.34. The zero-order valence-electron chi connectivity index (χ0n) is 19.8. The maximum atomic E-state index is 13.4. The molecule has 1 saturated heterocycles. The van der Waals surface area contributed by atoms with E-state index < -0.39 is 16.7 Å². The van der Waals surface area contributed by atoms with Gasteiger partial charge in [-0.15, -0.1) is 0 Å². The second kappa shape index (κ2) is 10.5. The lowest BCUT2D eigenvalue weighted by Crippen LogP contribution is -2.54. The highest BCUT2D eigenvalue weighted by molar-refractivity contribution is 7.80. The van der Waals surface area contributed by atoms with Crippen molar-refractivity contribution in [2.24, 2.45) is 0 Å². The van der Waals surface area contributed by atoms with E-state index >= 15 is 0 Å². The van der Waals surface area contributed by atoms with Crippen LogP contribution in [0.2, 0.25) is 0 Å². The van der Waals surface area contributed by atoms with E-state index in [2.05, 4.69) is 5.32 Å². The lowest BCUT2D eigenvalue weighted by molar-refractivity contribution is -0.385. The number of ether oxygens (including phenoxy) is 1. The number of nitrogens with one attached hydrogen (secondary N) is 1. The molecule has 9 nitrogen and oxygen atoms in total. The number of aromatic nitrogens is 1. The SMILES string of the molecule is O=C1NC(=S)N(c2ccc(Oc3ccccc3)cc2)C(=O)C1=Cc1cccn1Cc1ccccc1[N+](=O)[O-]. The molecule has 188 valence electrons. The Labute approximate surface area is 222 Å². The average Bonchev–Trinajstić information content (AvgIpc) is 3.34. The summed E-state index contributed by atoms with van der Waals surface area (Å²) in [4.78, 5) is 38.4. The predicted octanol–water partition coefficient (Wildman–Crippen LogP) is 5.07. The van der Waals surface area contributed by atoms with E-state index in [1.807, 2.05) is 30.3 Å². The number of carbonyl (C=O) groups is 2. The Morgan fingerprint density at radius 1 is 0.895 bits per heavy atom. The Morgan fingerprint density at radius 3 is 2.32 bits per heavy atom. The van der Waals surface area contributed by atoms with Crippen molar-refractivity contribution in [2.45, 2.75) is 6.54 Å². The van der Waals surface area contributed by atoms with Gasteiger partial charge in [0.25, 0.3) is 17.5 Å². The fraction of sp³-hybridized carbons (Fsp3) is 0.0357. The first-order chi connectivity index (χ1) is 18.4. The second-order valence-corrected chi connectivity index (χ2v) is 8.70. The highest BCUT2D eigenvalue weighted by atomic mass is 32.1. The van der Waals surface area contributed by atoms with Crippen LogP contribution < -0.4 is 15.0 Å². The smallest absolute Gasteiger partial charge is 0.274 e. The van der Waals surface area contributed by atoms with Crippen molar-refractivity contribution in [2.75, 3.05) is 4.90 Å². The number of nitro benzene ring substituents is 1. The van der Waals surface area contributed by atoms with Gasteiger partial charge in [-0.2, -0.15) is 0 Å². The summed E-state index contributed by atoms with van der Waals surface area (Å²) < 4.78 is 7.53. The monoisotopic (exact) mass is 524 g/mol. The van der Waals surface area contributed by atoms with Gasteiger partial charge < -0.3 is 9.30 Å². The fourth-order valence-corrected chi connectivity index (χ4v) is 4.32. The molecule has 0 radical (unpaired) electrons. The Morgan fingerprint density at radius 2 is 1.58 bits per heavy atom. The van der Waals surface area contributed by atoms with Crippen LogP contribution in [-0.2, 0) is 16.1 Å². The molecule has 1 aliphatic heterocycles. The molecule has 3 aromatic carbocycles. The van der Waals surface area contributed by atoms with Gasteiger partial charge in [-0.3, -0.25) is 29.9 Å². The third kappa shape index (κ3) is 5.06.